The number of nitrogens with one attached hydrogen (secondary N) is 2. The molecule has 2 aliphatic rings. The number of hydrogen-bond donors (Lipinski definition) is 2. The second-order valence-corrected chi connectivity index (χ2v) is 8.22. The monoisotopic (exact) mass is 310 g/mol. The maximum absolute atomic E-state index is 11.9. The van der Waals surface area contributed by atoms with Crippen LogP contribution < -0.4 is 10.6 Å². The standard InChI is InChI=1S/C18H34N2O2/c1-13-8-7-11-15(13)20-16-10-6-5-9-14(16)12-19-17(21)22-18(2,3)4/h13-16,20H,5-12H2,1-4H3,(H,19,21). The van der Waals surface area contributed by atoms with Crippen LogP contribution in [0, 0.1) is 11.8 Å². The zero-order valence-electron chi connectivity index (χ0n) is 14.8. The lowest BCUT2D eigenvalue weighted by molar-refractivity contribution is 0.0509. The normalized spacial score (nSPS) is 32.7. The third-order valence-electron chi connectivity index (χ3n) is 5.11. The van der Waals surface area contributed by atoms with Crippen molar-refractivity contribution in [1.82, 2.24) is 10.6 Å². The van der Waals surface area contributed by atoms with Gasteiger partial charge in [-0.15, -0.1) is 0 Å². The van der Waals surface area contributed by atoms with Gasteiger partial charge in [-0.1, -0.05) is 26.2 Å². The summed E-state index contributed by atoms with van der Waals surface area (Å²) in [6, 6.07) is 1.22. The minimum absolute atomic E-state index is 0.286. The summed E-state index contributed by atoms with van der Waals surface area (Å²) in [5.74, 6) is 1.33. The van der Waals surface area contributed by atoms with Crippen LogP contribution in [-0.4, -0.2) is 30.3 Å². The smallest absolute Gasteiger partial charge is 0.407 e. The Labute approximate surface area is 135 Å². The summed E-state index contributed by atoms with van der Waals surface area (Å²) in [6.45, 7) is 8.80. The predicted molar refractivity (Wildman–Crippen MR) is 89.9 cm³/mol. The van der Waals surface area contributed by atoms with Gasteiger partial charge in [-0.3, -0.25) is 0 Å². The minimum atomic E-state index is -0.423. The van der Waals surface area contributed by atoms with Crippen LogP contribution in [0.4, 0.5) is 4.79 Å². The van der Waals surface area contributed by atoms with E-state index in [0.29, 0.717) is 18.0 Å². The van der Waals surface area contributed by atoms with E-state index in [1.54, 1.807) is 0 Å². The number of hydrogen-bond acceptors (Lipinski definition) is 3. The molecule has 128 valence electrons. The zero-order chi connectivity index (χ0) is 16.2. The molecule has 1 amide bonds. The minimum Gasteiger partial charge on any atom is -0.444 e. The van der Waals surface area contributed by atoms with E-state index in [9.17, 15) is 4.79 Å². The van der Waals surface area contributed by atoms with Crippen LogP contribution in [0.25, 0.3) is 0 Å². The molecule has 0 aliphatic heterocycles. The highest BCUT2D eigenvalue weighted by Gasteiger charge is 2.31. The molecule has 2 rings (SSSR count). The van der Waals surface area contributed by atoms with Crippen LogP contribution in [0.3, 0.4) is 0 Å². The van der Waals surface area contributed by atoms with Gasteiger partial charge in [0, 0.05) is 18.6 Å². The van der Waals surface area contributed by atoms with Gasteiger partial charge in [-0.25, -0.2) is 4.79 Å². The van der Waals surface area contributed by atoms with Crippen molar-refractivity contribution in [2.75, 3.05) is 6.54 Å². The first-order valence-electron chi connectivity index (χ1n) is 9.08. The Bertz CT molecular complexity index is 365. The molecule has 0 aromatic carbocycles. The Morgan fingerprint density at radius 1 is 1.05 bits per heavy atom. The van der Waals surface area contributed by atoms with Gasteiger partial charge in [0.2, 0.25) is 0 Å². The molecule has 0 saturated heterocycles. The van der Waals surface area contributed by atoms with Gasteiger partial charge in [0.05, 0.1) is 0 Å². The number of carbonyl (C=O) groups excluding carboxylic acids is 1. The molecule has 2 saturated carbocycles. The van der Waals surface area contributed by atoms with E-state index in [1.807, 2.05) is 20.8 Å². The average molecular weight is 310 g/mol. The van der Waals surface area contributed by atoms with Crippen LogP contribution in [0.15, 0.2) is 0 Å². The van der Waals surface area contributed by atoms with Crippen molar-refractivity contribution < 1.29 is 9.53 Å². The van der Waals surface area contributed by atoms with Crippen LogP contribution in [-0.2, 0) is 4.74 Å². The van der Waals surface area contributed by atoms with Crippen molar-refractivity contribution in [3.63, 3.8) is 0 Å². The highest BCUT2D eigenvalue weighted by molar-refractivity contribution is 5.67. The van der Waals surface area contributed by atoms with Gasteiger partial charge in [-0.2, -0.15) is 0 Å². The summed E-state index contributed by atoms with van der Waals surface area (Å²) in [5, 5.41) is 6.87. The molecule has 2 fully saturated rings. The Balaban J connectivity index is 1.80. The molecule has 4 nitrogen and oxygen atoms in total. The topological polar surface area (TPSA) is 50.4 Å². The number of carbonyl (C=O) groups is 1. The molecule has 22 heavy (non-hydrogen) atoms. The van der Waals surface area contributed by atoms with Crippen LogP contribution in [0.5, 0.6) is 0 Å². The third kappa shape index (κ3) is 5.45. The lowest BCUT2D eigenvalue weighted by Crippen LogP contribution is -2.49. The summed E-state index contributed by atoms with van der Waals surface area (Å²) < 4.78 is 5.34. The van der Waals surface area contributed by atoms with E-state index in [-0.39, 0.29) is 6.09 Å². The number of rotatable bonds is 4. The average Bonchev–Trinajstić information content (AvgIpc) is 2.81. The fourth-order valence-electron chi connectivity index (χ4n) is 3.87. The molecule has 0 heterocycles. The Morgan fingerprint density at radius 3 is 2.36 bits per heavy atom. The zero-order valence-corrected chi connectivity index (χ0v) is 14.8. The summed E-state index contributed by atoms with van der Waals surface area (Å²) in [5.41, 5.74) is -0.423. The fraction of sp³-hybridized carbons (Fsp3) is 0.944. The van der Waals surface area contributed by atoms with Crippen LogP contribution >= 0.6 is 0 Å². The van der Waals surface area contributed by atoms with Crippen LogP contribution in [0.2, 0.25) is 0 Å². The molecule has 0 radical (unpaired) electrons. The van der Waals surface area contributed by atoms with E-state index < -0.39 is 5.60 Å². The second-order valence-electron chi connectivity index (χ2n) is 8.22. The highest BCUT2D eigenvalue weighted by atomic mass is 16.6. The van der Waals surface area contributed by atoms with Gasteiger partial charge in [-0.05, 0) is 58.3 Å². The molecule has 4 atom stereocenters. The first-order valence-corrected chi connectivity index (χ1v) is 9.08. The number of ether oxygens (including phenoxy) is 1. The van der Waals surface area contributed by atoms with Gasteiger partial charge >= 0.3 is 6.09 Å². The molecule has 2 N–H and O–H groups in total. The lowest BCUT2D eigenvalue weighted by Gasteiger charge is -2.35. The van der Waals surface area contributed by atoms with Gasteiger partial charge < -0.3 is 15.4 Å². The largest absolute Gasteiger partial charge is 0.444 e. The van der Waals surface area contributed by atoms with Crippen molar-refractivity contribution in [2.45, 2.75) is 90.3 Å². The number of alkyl carbamates (subject to hydrolysis) is 1. The van der Waals surface area contributed by atoms with Crippen LogP contribution in [0.1, 0.15) is 72.6 Å². The van der Waals surface area contributed by atoms with Gasteiger partial charge in [0.15, 0.2) is 0 Å². The Kier molecular flexibility index (Phi) is 6.13. The molecule has 4 unspecified atom stereocenters. The quantitative estimate of drug-likeness (QED) is 0.829. The summed E-state index contributed by atoms with van der Waals surface area (Å²) in [6.07, 6.45) is 8.76. The van der Waals surface area contributed by atoms with E-state index in [0.717, 1.165) is 12.5 Å². The Hall–Kier alpha value is -0.770. The van der Waals surface area contributed by atoms with Crippen molar-refractivity contribution in [3.05, 3.63) is 0 Å². The summed E-state index contributed by atoms with van der Waals surface area (Å²) in [4.78, 5) is 11.9. The predicted octanol–water partition coefficient (Wildman–Crippen LogP) is 3.85. The van der Waals surface area contributed by atoms with E-state index in [1.165, 1.54) is 44.9 Å². The second kappa shape index (κ2) is 7.67. The summed E-state index contributed by atoms with van der Waals surface area (Å²) in [7, 11) is 0. The molecule has 0 bridgehead atoms. The molecule has 2 aliphatic carbocycles. The molecular formula is C18H34N2O2. The molecule has 4 heteroatoms. The SMILES string of the molecule is CC1CCCC1NC1CCCCC1CNC(=O)OC(C)(C)C. The number of amides is 1. The summed E-state index contributed by atoms with van der Waals surface area (Å²) >= 11 is 0. The van der Waals surface area contributed by atoms with Gasteiger partial charge in [0.1, 0.15) is 5.60 Å². The van der Waals surface area contributed by atoms with E-state index in [4.69, 9.17) is 4.74 Å². The van der Waals surface area contributed by atoms with Crippen molar-refractivity contribution in [3.8, 4) is 0 Å². The highest BCUT2D eigenvalue weighted by Crippen LogP contribution is 2.29. The van der Waals surface area contributed by atoms with E-state index >= 15 is 0 Å². The van der Waals surface area contributed by atoms with Crippen molar-refractivity contribution >= 4 is 6.09 Å². The van der Waals surface area contributed by atoms with Gasteiger partial charge in [0.25, 0.3) is 0 Å². The first kappa shape index (κ1) is 17.6. The maximum atomic E-state index is 11.9. The van der Waals surface area contributed by atoms with Crippen molar-refractivity contribution in [1.29, 1.82) is 0 Å². The maximum Gasteiger partial charge on any atom is 0.407 e. The molecular weight excluding hydrogens is 276 g/mol. The third-order valence-corrected chi connectivity index (χ3v) is 5.11. The van der Waals surface area contributed by atoms with Crippen molar-refractivity contribution in [2.24, 2.45) is 11.8 Å². The first-order chi connectivity index (χ1) is 10.3. The molecule has 0 spiro atoms. The fourth-order valence-corrected chi connectivity index (χ4v) is 3.87. The molecule has 0 aromatic heterocycles. The Morgan fingerprint density at radius 2 is 1.73 bits per heavy atom. The lowest BCUT2D eigenvalue weighted by atomic mass is 9.83. The molecule has 0 aromatic rings. The van der Waals surface area contributed by atoms with E-state index in [2.05, 4.69) is 17.6 Å².